The van der Waals surface area contributed by atoms with Crippen LogP contribution in [0.15, 0.2) is 12.1 Å². The third-order valence-electron chi connectivity index (χ3n) is 3.10. The summed E-state index contributed by atoms with van der Waals surface area (Å²) in [6.45, 7) is 10.6. The monoisotopic (exact) mass is 391 g/mol. The van der Waals surface area contributed by atoms with Crippen LogP contribution in [-0.4, -0.2) is 23.7 Å². The minimum Gasteiger partial charge on any atom is -0.321 e. The van der Waals surface area contributed by atoms with Crippen molar-refractivity contribution in [1.29, 1.82) is 0 Å². The number of carbonyl (C=O) groups excluding carboxylic acids is 1. The molecule has 1 aromatic carbocycles. The summed E-state index contributed by atoms with van der Waals surface area (Å²) in [4.78, 5) is 34.3. The van der Waals surface area contributed by atoms with Gasteiger partial charge in [0.25, 0.3) is 5.91 Å². The molecule has 1 atom stereocenters. The van der Waals surface area contributed by atoms with Crippen molar-refractivity contribution in [1.82, 2.24) is 0 Å². The van der Waals surface area contributed by atoms with Gasteiger partial charge in [-0.25, -0.2) is 19.6 Å². The van der Waals surface area contributed by atoms with Crippen molar-refractivity contribution in [2.24, 2.45) is 0 Å². The minimum absolute atomic E-state index is 0.240. The van der Waals surface area contributed by atoms with Crippen molar-refractivity contribution in [2.75, 3.05) is 11.9 Å². The number of amides is 1. The molecular formula is C17H23Cl2NO5. The first-order chi connectivity index (χ1) is 11.3. The number of halogens is 2. The van der Waals surface area contributed by atoms with Crippen molar-refractivity contribution in [3.63, 3.8) is 0 Å². The van der Waals surface area contributed by atoms with E-state index in [2.05, 4.69) is 5.32 Å². The van der Waals surface area contributed by atoms with Gasteiger partial charge in [0.15, 0.2) is 0 Å². The number of carbonyl (C=O) groups is 1. The van der Waals surface area contributed by atoms with Gasteiger partial charge in [-0.2, -0.15) is 0 Å². The Bertz CT molecular complexity index is 666. The molecule has 0 fully saturated rings. The number of benzene rings is 1. The maximum atomic E-state index is 12.7. The quantitative estimate of drug-likeness (QED) is 0.585. The highest BCUT2D eigenvalue weighted by Crippen LogP contribution is 2.45. The molecule has 0 bridgehead atoms. The molecule has 1 unspecified atom stereocenters. The van der Waals surface area contributed by atoms with Gasteiger partial charge in [-0.1, -0.05) is 23.2 Å². The molecule has 0 saturated carbocycles. The predicted octanol–water partition coefficient (Wildman–Crippen LogP) is 4.63. The SMILES string of the molecule is CC(C)(C)OOCC1(OOC(C)(C)C)C(=O)Nc2c(Cl)cc(Cl)cc21. The molecule has 140 valence electrons. The zero-order valence-electron chi connectivity index (χ0n) is 15.2. The lowest BCUT2D eigenvalue weighted by atomic mass is 9.96. The van der Waals surface area contributed by atoms with Gasteiger partial charge >= 0.3 is 0 Å². The molecule has 0 radical (unpaired) electrons. The smallest absolute Gasteiger partial charge is 0.267 e. The summed E-state index contributed by atoms with van der Waals surface area (Å²) >= 11 is 12.3. The lowest BCUT2D eigenvalue weighted by Crippen LogP contribution is -2.44. The molecule has 25 heavy (non-hydrogen) atoms. The number of hydrogen-bond donors (Lipinski definition) is 1. The van der Waals surface area contributed by atoms with Crippen LogP contribution in [0.4, 0.5) is 5.69 Å². The van der Waals surface area contributed by atoms with Crippen molar-refractivity contribution >= 4 is 34.8 Å². The van der Waals surface area contributed by atoms with E-state index in [1.807, 2.05) is 20.8 Å². The third kappa shape index (κ3) is 4.84. The fraction of sp³-hybridized carbons (Fsp3) is 0.588. The van der Waals surface area contributed by atoms with Gasteiger partial charge < -0.3 is 5.32 Å². The average molecular weight is 392 g/mol. The Kier molecular flexibility index (Phi) is 5.74. The maximum Gasteiger partial charge on any atom is 0.267 e. The Morgan fingerprint density at radius 3 is 2.20 bits per heavy atom. The molecule has 0 saturated heterocycles. The highest BCUT2D eigenvalue weighted by atomic mass is 35.5. The number of hydrogen-bond acceptors (Lipinski definition) is 5. The van der Waals surface area contributed by atoms with Crippen molar-refractivity contribution in [3.05, 3.63) is 27.7 Å². The lowest BCUT2D eigenvalue weighted by molar-refractivity contribution is -0.431. The summed E-state index contributed by atoms with van der Waals surface area (Å²) in [6, 6.07) is 3.13. The van der Waals surface area contributed by atoms with E-state index in [9.17, 15) is 4.79 Å². The summed E-state index contributed by atoms with van der Waals surface area (Å²) in [5.74, 6) is -0.478. The van der Waals surface area contributed by atoms with Crippen LogP contribution in [0.3, 0.4) is 0 Å². The van der Waals surface area contributed by atoms with Crippen LogP contribution in [0.5, 0.6) is 0 Å². The van der Waals surface area contributed by atoms with E-state index in [4.69, 9.17) is 42.8 Å². The Morgan fingerprint density at radius 1 is 1.04 bits per heavy atom. The second-order valence-electron chi connectivity index (χ2n) is 7.83. The second kappa shape index (κ2) is 7.02. The van der Waals surface area contributed by atoms with Crippen molar-refractivity contribution in [3.8, 4) is 0 Å². The molecule has 1 N–H and O–H groups in total. The Labute approximate surface area is 157 Å². The van der Waals surface area contributed by atoms with Gasteiger partial charge in [-0.05, 0) is 53.7 Å². The molecule has 1 aromatic rings. The Morgan fingerprint density at radius 2 is 1.64 bits per heavy atom. The van der Waals surface area contributed by atoms with Crippen LogP contribution < -0.4 is 5.32 Å². The second-order valence-corrected chi connectivity index (χ2v) is 8.67. The molecule has 0 aromatic heterocycles. The van der Waals surface area contributed by atoms with Crippen LogP contribution in [0.2, 0.25) is 10.0 Å². The summed E-state index contributed by atoms with van der Waals surface area (Å²) in [5.41, 5.74) is -1.97. The highest BCUT2D eigenvalue weighted by Gasteiger charge is 2.52. The van der Waals surface area contributed by atoms with Gasteiger partial charge in [0.05, 0.1) is 21.9 Å². The number of nitrogens with one attached hydrogen (secondary N) is 1. The van der Waals surface area contributed by atoms with Gasteiger partial charge in [0.1, 0.15) is 6.61 Å². The van der Waals surface area contributed by atoms with E-state index < -0.39 is 22.7 Å². The van der Waals surface area contributed by atoms with Gasteiger partial charge in [-0.15, -0.1) is 0 Å². The third-order valence-corrected chi connectivity index (χ3v) is 3.62. The van der Waals surface area contributed by atoms with Gasteiger partial charge in [-0.3, -0.25) is 4.79 Å². The molecule has 1 aliphatic heterocycles. The predicted molar refractivity (Wildman–Crippen MR) is 95.5 cm³/mol. The van der Waals surface area contributed by atoms with E-state index in [0.29, 0.717) is 21.3 Å². The van der Waals surface area contributed by atoms with Gasteiger partial charge in [0.2, 0.25) is 5.60 Å². The highest BCUT2D eigenvalue weighted by molar-refractivity contribution is 6.37. The fourth-order valence-corrected chi connectivity index (χ4v) is 2.63. The van der Waals surface area contributed by atoms with Crippen molar-refractivity contribution < 1.29 is 24.3 Å². The van der Waals surface area contributed by atoms with E-state index in [0.717, 1.165) is 0 Å². The first-order valence-electron chi connectivity index (χ1n) is 7.82. The van der Waals surface area contributed by atoms with Crippen LogP contribution in [0, 0.1) is 0 Å². The van der Waals surface area contributed by atoms with E-state index in [1.54, 1.807) is 26.8 Å². The standard InChI is InChI=1S/C17H23Cl2NO5/c1-15(2,3)23-22-9-17(25-24-16(4,5)6)11-7-10(18)8-12(19)13(11)20-14(17)21/h7-8H,9H2,1-6H3,(H,20,21). The summed E-state index contributed by atoms with van der Waals surface area (Å²) in [6.07, 6.45) is 0. The van der Waals surface area contributed by atoms with Gasteiger partial charge in [0, 0.05) is 10.6 Å². The molecule has 1 heterocycles. The minimum atomic E-state index is -1.59. The first kappa shape index (κ1) is 20.4. The molecule has 8 heteroatoms. The van der Waals surface area contributed by atoms with Crippen LogP contribution >= 0.6 is 23.2 Å². The van der Waals surface area contributed by atoms with E-state index >= 15 is 0 Å². The topological polar surface area (TPSA) is 66.0 Å². The van der Waals surface area contributed by atoms with E-state index in [-0.39, 0.29) is 6.61 Å². The maximum absolute atomic E-state index is 12.7. The zero-order chi connectivity index (χ0) is 19.0. The number of rotatable bonds is 5. The average Bonchev–Trinajstić information content (AvgIpc) is 2.69. The first-order valence-corrected chi connectivity index (χ1v) is 8.58. The fourth-order valence-electron chi connectivity index (χ4n) is 2.09. The molecular weight excluding hydrogens is 369 g/mol. The molecule has 0 spiro atoms. The molecule has 1 aliphatic rings. The Hall–Kier alpha value is -0.890. The molecule has 2 rings (SSSR count). The zero-order valence-corrected chi connectivity index (χ0v) is 16.7. The molecule has 0 aliphatic carbocycles. The number of anilines is 1. The summed E-state index contributed by atoms with van der Waals surface area (Å²) < 4.78 is 0. The Balaban J connectivity index is 2.40. The summed E-state index contributed by atoms with van der Waals surface area (Å²) in [5, 5.41) is 3.36. The van der Waals surface area contributed by atoms with Crippen molar-refractivity contribution in [2.45, 2.75) is 58.3 Å². The molecule has 1 amide bonds. The largest absolute Gasteiger partial charge is 0.321 e. The summed E-state index contributed by atoms with van der Waals surface area (Å²) in [7, 11) is 0. The van der Waals surface area contributed by atoms with Crippen LogP contribution in [0.25, 0.3) is 0 Å². The van der Waals surface area contributed by atoms with E-state index in [1.165, 1.54) is 6.07 Å². The molecule has 6 nitrogen and oxygen atoms in total. The normalized spacial score (nSPS) is 20.6. The van der Waals surface area contributed by atoms with Crippen LogP contribution in [-0.2, 0) is 29.9 Å². The van der Waals surface area contributed by atoms with Crippen LogP contribution in [0.1, 0.15) is 47.1 Å². The lowest BCUT2D eigenvalue weighted by Gasteiger charge is -2.30. The number of fused-ring (bicyclic) bond motifs is 1.